The lowest BCUT2D eigenvalue weighted by atomic mass is 10.1. The van der Waals surface area contributed by atoms with E-state index in [0.29, 0.717) is 24.6 Å². The van der Waals surface area contributed by atoms with E-state index < -0.39 is 0 Å². The molecule has 27 heavy (non-hydrogen) atoms. The van der Waals surface area contributed by atoms with Crippen LogP contribution >= 0.6 is 24.0 Å². The van der Waals surface area contributed by atoms with E-state index in [1.807, 2.05) is 31.2 Å². The number of nitrogens with zero attached hydrogens (tertiary/aromatic N) is 1. The van der Waals surface area contributed by atoms with E-state index in [2.05, 4.69) is 15.6 Å². The van der Waals surface area contributed by atoms with Crippen molar-refractivity contribution in [2.75, 3.05) is 27.3 Å². The number of benzene rings is 2. The van der Waals surface area contributed by atoms with Gasteiger partial charge in [0.05, 0.1) is 20.8 Å². The van der Waals surface area contributed by atoms with E-state index in [1.165, 1.54) is 6.07 Å². The Morgan fingerprint density at radius 1 is 1.00 bits per heavy atom. The van der Waals surface area contributed by atoms with Crippen LogP contribution in [0.3, 0.4) is 0 Å². The van der Waals surface area contributed by atoms with E-state index >= 15 is 0 Å². The van der Waals surface area contributed by atoms with Crippen molar-refractivity contribution in [3.8, 4) is 11.5 Å². The molecule has 0 amide bonds. The van der Waals surface area contributed by atoms with Crippen molar-refractivity contribution in [1.29, 1.82) is 0 Å². The predicted octanol–water partition coefficient (Wildman–Crippen LogP) is 3.76. The molecule has 0 bridgehead atoms. The summed E-state index contributed by atoms with van der Waals surface area (Å²) in [5.74, 6) is 1.89. The lowest BCUT2D eigenvalue weighted by molar-refractivity contribution is 0.354. The Labute approximate surface area is 177 Å². The number of rotatable bonds is 8. The standard InChI is InChI=1S/C20H26FN3O2.HI/c1-4-22-20(23-11-10-15-6-5-7-17(21)12-15)24-14-16-8-9-18(25-2)19(13-16)26-3;/h5-9,12-13H,4,10-11,14H2,1-3H3,(H2,22,23,24);1H. The SMILES string of the molecule is CCNC(=NCc1ccc(OC)c(OC)c1)NCCc1cccc(F)c1.I. The molecule has 0 atom stereocenters. The van der Waals surface area contributed by atoms with Gasteiger partial charge in [-0.1, -0.05) is 18.2 Å². The largest absolute Gasteiger partial charge is 0.493 e. The van der Waals surface area contributed by atoms with Crippen LogP contribution in [0.5, 0.6) is 11.5 Å². The summed E-state index contributed by atoms with van der Waals surface area (Å²) in [6.45, 7) is 3.95. The molecule has 0 unspecified atom stereocenters. The predicted molar refractivity (Wildman–Crippen MR) is 118 cm³/mol. The molecule has 2 aromatic rings. The first kappa shape index (κ1) is 23.0. The fraction of sp³-hybridized carbons (Fsp3) is 0.350. The average molecular weight is 487 g/mol. The first-order valence-electron chi connectivity index (χ1n) is 8.63. The van der Waals surface area contributed by atoms with Crippen molar-refractivity contribution in [2.24, 2.45) is 4.99 Å². The Kier molecular flexibility index (Phi) is 10.5. The molecule has 0 aromatic heterocycles. The van der Waals surface area contributed by atoms with E-state index in [9.17, 15) is 4.39 Å². The van der Waals surface area contributed by atoms with Crippen molar-refractivity contribution in [2.45, 2.75) is 19.9 Å². The zero-order valence-corrected chi connectivity index (χ0v) is 18.3. The maximum absolute atomic E-state index is 13.2. The third kappa shape index (κ3) is 7.62. The maximum atomic E-state index is 13.2. The highest BCUT2D eigenvalue weighted by Gasteiger charge is 2.05. The number of ether oxygens (including phenoxy) is 2. The molecular weight excluding hydrogens is 460 g/mol. The maximum Gasteiger partial charge on any atom is 0.191 e. The fourth-order valence-corrected chi connectivity index (χ4v) is 2.51. The molecule has 0 saturated carbocycles. The number of hydrogen-bond donors (Lipinski definition) is 2. The van der Waals surface area contributed by atoms with Crippen LogP contribution in [0.1, 0.15) is 18.1 Å². The fourth-order valence-electron chi connectivity index (χ4n) is 2.51. The summed E-state index contributed by atoms with van der Waals surface area (Å²) in [4.78, 5) is 4.59. The van der Waals surface area contributed by atoms with Gasteiger partial charge in [0.25, 0.3) is 0 Å². The van der Waals surface area contributed by atoms with E-state index in [0.717, 1.165) is 30.1 Å². The number of methoxy groups -OCH3 is 2. The minimum atomic E-state index is -0.212. The number of guanidine groups is 1. The van der Waals surface area contributed by atoms with Gasteiger partial charge in [-0.3, -0.25) is 0 Å². The second-order valence-corrected chi connectivity index (χ2v) is 5.69. The van der Waals surface area contributed by atoms with E-state index in [4.69, 9.17) is 9.47 Å². The summed E-state index contributed by atoms with van der Waals surface area (Å²) < 4.78 is 23.8. The summed E-state index contributed by atoms with van der Waals surface area (Å²) in [6.07, 6.45) is 0.721. The van der Waals surface area contributed by atoms with Gasteiger partial charge < -0.3 is 20.1 Å². The number of halogens is 2. The van der Waals surface area contributed by atoms with Gasteiger partial charge >= 0.3 is 0 Å². The summed E-state index contributed by atoms with van der Waals surface area (Å²) in [5.41, 5.74) is 1.97. The van der Waals surface area contributed by atoms with Crippen molar-refractivity contribution < 1.29 is 13.9 Å². The van der Waals surface area contributed by atoms with Gasteiger partial charge in [0, 0.05) is 13.1 Å². The summed E-state index contributed by atoms with van der Waals surface area (Å²) in [6, 6.07) is 12.4. The lowest BCUT2D eigenvalue weighted by Gasteiger charge is -2.12. The van der Waals surface area contributed by atoms with Crippen LogP contribution in [-0.4, -0.2) is 33.3 Å². The van der Waals surface area contributed by atoms with Crippen LogP contribution in [0, 0.1) is 5.82 Å². The molecule has 0 spiro atoms. The Hall–Kier alpha value is -2.03. The third-order valence-electron chi connectivity index (χ3n) is 3.81. The van der Waals surface area contributed by atoms with Gasteiger partial charge in [-0.25, -0.2) is 9.38 Å². The van der Waals surface area contributed by atoms with E-state index in [1.54, 1.807) is 26.4 Å². The second kappa shape index (κ2) is 12.4. The van der Waals surface area contributed by atoms with Crippen molar-refractivity contribution in [3.63, 3.8) is 0 Å². The molecule has 148 valence electrons. The molecule has 2 aromatic carbocycles. The molecule has 7 heteroatoms. The Balaban J connectivity index is 0.00000364. The first-order valence-corrected chi connectivity index (χ1v) is 8.63. The van der Waals surface area contributed by atoms with Gasteiger partial charge in [0.2, 0.25) is 0 Å². The monoisotopic (exact) mass is 487 g/mol. The van der Waals surface area contributed by atoms with Crippen LogP contribution in [0.15, 0.2) is 47.5 Å². The molecule has 0 aliphatic rings. The van der Waals surface area contributed by atoms with Gasteiger partial charge in [-0.05, 0) is 48.7 Å². The molecule has 0 aliphatic carbocycles. The van der Waals surface area contributed by atoms with Crippen LogP contribution in [0.4, 0.5) is 4.39 Å². The molecule has 0 aliphatic heterocycles. The van der Waals surface area contributed by atoms with Crippen molar-refractivity contribution >= 4 is 29.9 Å². The lowest BCUT2D eigenvalue weighted by Crippen LogP contribution is -2.38. The molecule has 5 nitrogen and oxygen atoms in total. The molecule has 0 radical (unpaired) electrons. The average Bonchev–Trinajstić information content (AvgIpc) is 2.66. The Morgan fingerprint density at radius 3 is 2.44 bits per heavy atom. The Bertz CT molecular complexity index is 741. The topological polar surface area (TPSA) is 54.9 Å². The molecule has 0 heterocycles. The third-order valence-corrected chi connectivity index (χ3v) is 3.81. The van der Waals surface area contributed by atoms with E-state index in [-0.39, 0.29) is 29.8 Å². The smallest absolute Gasteiger partial charge is 0.191 e. The number of nitrogens with one attached hydrogen (secondary N) is 2. The van der Waals surface area contributed by atoms with Crippen molar-refractivity contribution in [1.82, 2.24) is 10.6 Å². The molecule has 2 rings (SSSR count). The molecule has 0 saturated heterocycles. The minimum absolute atomic E-state index is 0. The van der Waals surface area contributed by atoms with Gasteiger partial charge in [-0.15, -0.1) is 24.0 Å². The van der Waals surface area contributed by atoms with Crippen LogP contribution in [-0.2, 0) is 13.0 Å². The minimum Gasteiger partial charge on any atom is -0.493 e. The highest BCUT2D eigenvalue weighted by atomic mass is 127. The zero-order valence-electron chi connectivity index (χ0n) is 15.9. The number of aliphatic imine (C=N–C) groups is 1. The number of hydrogen-bond acceptors (Lipinski definition) is 3. The highest BCUT2D eigenvalue weighted by Crippen LogP contribution is 2.27. The molecular formula is C20H27FIN3O2. The highest BCUT2D eigenvalue weighted by molar-refractivity contribution is 14.0. The first-order chi connectivity index (χ1) is 12.7. The summed E-state index contributed by atoms with van der Waals surface area (Å²) in [7, 11) is 3.23. The van der Waals surface area contributed by atoms with Crippen LogP contribution in [0.25, 0.3) is 0 Å². The van der Waals surface area contributed by atoms with Crippen LogP contribution in [0.2, 0.25) is 0 Å². The Morgan fingerprint density at radius 2 is 1.78 bits per heavy atom. The van der Waals surface area contributed by atoms with Crippen LogP contribution < -0.4 is 20.1 Å². The van der Waals surface area contributed by atoms with Gasteiger partial charge in [0.15, 0.2) is 17.5 Å². The second-order valence-electron chi connectivity index (χ2n) is 5.69. The van der Waals surface area contributed by atoms with Crippen molar-refractivity contribution in [3.05, 3.63) is 59.4 Å². The van der Waals surface area contributed by atoms with Gasteiger partial charge in [0.1, 0.15) is 5.82 Å². The van der Waals surface area contributed by atoms with Gasteiger partial charge in [-0.2, -0.15) is 0 Å². The summed E-state index contributed by atoms with van der Waals surface area (Å²) >= 11 is 0. The summed E-state index contributed by atoms with van der Waals surface area (Å²) in [5, 5.41) is 6.48. The quantitative estimate of drug-likeness (QED) is 0.339. The molecule has 2 N–H and O–H groups in total. The molecule has 0 fully saturated rings. The zero-order chi connectivity index (χ0) is 18.8. The normalized spacial score (nSPS) is 10.7.